The number of aromatic nitrogens is 2. The number of fused-ring (bicyclic) bond motifs is 3. The molecule has 0 saturated heterocycles. The molecule has 0 bridgehead atoms. The largest absolute Gasteiger partial charge is 0.494 e. The molecule has 4 rings (SSSR count). The molecule has 0 spiro atoms. The first-order valence-corrected chi connectivity index (χ1v) is 8.88. The van der Waals surface area contributed by atoms with E-state index in [1.165, 1.54) is 30.0 Å². The van der Waals surface area contributed by atoms with Crippen LogP contribution in [0, 0.1) is 5.82 Å². The molecule has 0 unspecified atom stereocenters. The van der Waals surface area contributed by atoms with Gasteiger partial charge >= 0.3 is 0 Å². The molecule has 0 radical (unpaired) electrons. The molecule has 1 aliphatic carbocycles. The first-order valence-electron chi connectivity index (χ1n) is 8.07. The smallest absolute Gasteiger partial charge is 0.165 e. The van der Waals surface area contributed by atoms with Crippen LogP contribution in [0.25, 0.3) is 10.2 Å². The molecule has 7 heteroatoms. The van der Waals surface area contributed by atoms with Crippen molar-refractivity contribution in [2.45, 2.75) is 26.2 Å². The lowest BCUT2D eigenvalue weighted by Crippen LogP contribution is -2.02. The van der Waals surface area contributed by atoms with E-state index in [1.54, 1.807) is 29.8 Å². The van der Waals surface area contributed by atoms with Crippen LogP contribution in [0.2, 0.25) is 0 Å². The van der Waals surface area contributed by atoms with E-state index in [0.29, 0.717) is 17.1 Å². The maximum absolute atomic E-state index is 13.9. The molecule has 0 atom stereocenters. The lowest BCUT2D eigenvalue weighted by molar-refractivity contribution is 0.386. The number of aryl methyl sites for hydroxylation is 2. The Bertz CT molecular complexity index is 983. The van der Waals surface area contributed by atoms with Gasteiger partial charge in [-0.15, -0.1) is 11.3 Å². The predicted octanol–water partition coefficient (Wildman–Crippen LogP) is 4.16. The average molecular weight is 356 g/mol. The number of hydrogen-bond donors (Lipinski definition) is 1. The number of ether oxygens (including phenoxy) is 1. The highest BCUT2D eigenvalue weighted by Crippen LogP contribution is 2.39. The number of nitrogens with zero attached hydrogens (tertiary/aromatic N) is 3. The highest BCUT2D eigenvalue weighted by Gasteiger charge is 2.21. The van der Waals surface area contributed by atoms with Crippen molar-refractivity contribution >= 4 is 33.1 Å². The van der Waals surface area contributed by atoms with E-state index >= 15 is 0 Å². The molecule has 2 heterocycles. The first-order chi connectivity index (χ1) is 12.2. The normalized spacial score (nSPS) is 14.0. The summed E-state index contributed by atoms with van der Waals surface area (Å²) in [7, 11) is 1.44. The fraction of sp³-hybridized carbons (Fsp3) is 0.278. The van der Waals surface area contributed by atoms with Gasteiger partial charge in [0.2, 0.25) is 0 Å². The van der Waals surface area contributed by atoms with E-state index in [4.69, 9.17) is 4.74 Å². The number of thiophene rings is 1. The van der Waals surface area contributed by atoms with Gasteiger partial charge in [-0.1, -0.05) is 0 Å². The number of rotatable bonds is 4. The molecule has 0 saturated carbocycles. The zero-order chi connectivity index (χ0) is 17.4. The Hall–Kier alpha value is -2.54. The summed E-state index contributed by atoms with van der Waals surface area (Å²) in [6.45, 7) is 1.82. The highest BCUT2D eigenvalue weighted by molar-refractivity contribution is 7.19. The summed E-state index contributed by atoms with van der Waals surface area (Å²) in [5.74, 6) is 0.517. The van der Waals surface area contributed by atoms with Gasteiger partial charge in [-0.05, 0) is 49.9 Å². The number of anilines is 1. The van der Waals surface area contributed by atoms with Crippen LogP contribution in [0.15, 0.2) is 29.6 Å². The van der Waals surface area contributed by atoms with Gasteiger partial charge < -0.3 is 4.74 Å². The van der Waals surface area contributed by atoms with Crippen molar-refractivity contribution in [3.05, 3.63) is 46.3 Å². The van der Waals surface area contributed by atoms with Crippen LogP contribution < -0.4 is 10.2 Å². The monoisotopic (exact) mass is 356 g/mol. The van der Waals surface area contributed by atoms with Gasteiger partial charge in [-0.2, -0.15) is 5.10 Å². The van der Waals surface area contributed by atoms with Crippen LogP contribution in [0.3, 0.4) is 0 Å². The second-order valence-electron chi connectivity index (χ2n) is 5.92. The number of hydrogen-bond acceptors (Lipinski definition) is 6. The predicted molar refractivity (Wildman–Crippen MR) is 98.2 cm³/mol. The molecule has 0 aliphatic heterocycles. The van der Waals surface area contributed by atoms with Gasteiger partial charge in [0.1, 0.15) is 11.2 Å². The molecule has 25 heavy (non-hydrogen) atoms. The second kappa shape index (κ2) is 6.40. The molecule has 0 amide bonds. The molecular formula is C18H17FN4OS. The van der Waals surface area contributed by atoms with Crippen LogP contribution in [0.4, 0.5) is 10.2 Å². The van der Waals surface area contributed by atoms with Crippen molar-refractivity contribution in [3.63, 3.8) is 0 Å². The van der Waals surface area contributed by atoms with E-state index in [2.05, 4.69) is 20.5 Å². The average Bonchev–Trinajstić information content (AvgIpc) is 3.20. The van der Waals surface area contributed by atoms with Gasteiger partial charge in [-0.25, -0.2) is 14.4 Å². The zero-order valence-electron chi connectivity index (χ0n) is 14.0. The summed E-state index contributed by atoms with van der Waals surface area (Å²) in [6.07, 6.45) is 4.90. The minimum absolute atomic E-state index is 0.218. The van der Waals surface area contributed by atoms with Crippen molar-refractivity contribution in [1.82, 2.24) is 9.97 Å². The summed E-state index contributed by atoms with van der Waals surface area (Å²) in [5.41, 5.74) is 5.73. The molecule has 3 aromatic rings. The van der Waals surface area contributed by atoms with E-state index in [1.807, 2.05) is 6.92 Å². The lowest BCUT2D eigenvalue weighted by atomic mass is 10.1. The van der Waals surface area contributed by atoms with Gasteiger partial charge in [0.25, 0.3) is 0 Å². The number of nitrogens with one attached hydrogen (secondary N) is 1. The molecule has 128 valence electrons. The van der Waals surface area contributed by atoms with Crippen molar-refractivity contribution in [2.75, 3.05) is 12.5 Å². The third-order valence-electron chi connectivity index (χ3n) is 4.40. The molecule has 1 aliphatic rings. The molecule has 5 nitrogen and oxygen atoms in total. The molecule has 1 N–H and O–H groups in total. The van der Waals surface area contributed by atoms with Gasteiger partial charge in [0, 0.05) is 10.4 Å². The SMILES string of the molecule is COc1ccc(/C(C)=N\Nc2ncnc3sc4c(c23)CCC4)cc1F. The van der Waals surface area contributed by atoms with E-state index in [9.17, 15) is 4.39 Å². The maximum atomic E-state index is 13.9. The van der Waals surface area contributed by atoms with E-state index in [0.717, 1.165) is 23.1 Å². The van der Waals surface area contributed by atoms with Crippen LogP contribution in [-0.4, -0.2) is 22.8 Å². The van der Waals surface area contributed by atoms with E-state index < -0.39 is 5.82 Å². The van der Waals surface area contributed by atoms with Gasteiger partial charge in [0.05, 0.1) is 18.2 Å². The van der Waals surface area contributed by atoms with Crippen molar-refractivity contribution < 1.29 is 9.13 Å². The van der Waals surface area contributed by atoms with Crippen molar-refractivity contribution in [1.29, 1.82) is 0 Å². The Morgan fingerprint density at radius 1 is 1.32 bits per heavy atom. The number of benzene rings is 1. The Morgan fingerprint density at radius 2 is 2.20 bits per heavy atom. The minimum atomic E-state index is -0.408. The topological polar surface area (TPSA) is 59.4 Å². The third-order valence-corrected chi connectivity index (χ3v) is 5.60. The number of hydrazone groups is 1. The molecule has 2 aromatic heterocycles. The standard InChI is InChI=1S/C18H17FN4OS/c1-10(11-6-7-14(24-2)13(19)8-11)22-23-17-16-12-4-3-5-15(12)25-18(16)21-9-20-17/h6-9H,3-5H2,1-2H3,(H,20,21,23)/b22-10-. The van der Waals surface area contributed by atoms with Gasteiger partial charge in [-0.3, -0.25) is 5.43 Å². The summed E-state index contributed by atoms with van der Waals surface area (Å²) in [4.78, 5) is 11.1. The quantitative estimate of drug-likeness (QED) is 0.563. The first kappa shape index (κ1) is 16.0. The fourth-order valence-electron chi connectivity index (χ4n) is 3.11. The van der Waals surface area contributed by atoms with E-state index in [-0.39, 0.29) is 5.75 Å². The number of halogens is 1. The summed E-state index contributed by atoms with van der Waals surface area (Å²) in [5, 5.41) is 5.46. The summed E-state index contributed by atoms with van der Waals surface area (Å²) < 4.78 is 18.8. The Labute approximate surface area is 148 Å². The van der Waals surface area contributed by atoms with Crippen LogP contribution >= 0.6 is 11.3 Å². The molecule has 0 fully saturated rings. The Morgan fingerprint density at radius 3 is 3.00 bits per heavy atom. The third kappa shape index (κ3) is 2.84. The minimum Gasteiger partial charge on any atom is -0.494 e. The maximum Gasteiger partial charge on any atom is 0.165 e. The van der Waals surface area contributed by atoms with Gasteiger partial charge in [0.15, 0.2) is 17.4 Å². The Balaban J connectivity index is 1.65. The van der Waals surface area contributed by atoms with Crippen molar-refractivity contribution in [2.24, 2.45) is 5.10 Å². The van der Waals surface area contributed by atoms with Crippen LogP contribution in [0.5, 0.6) is 5.75 Å². The summed E-state index contributed by atoms with van der Waals surface area (Å²) >= 11 is 1.73. The molecular weight excluding hydrogens is 339 g/mol. The summed E-state index contributed by atoms with van der Waals surface area (Å²) in [6, 6.07) is 4.79. The van der Waals surface area contributed by atoms with Crippen LogP contribution in [0.1, 0.15) is 29.3 Å². The number of methoxy groups -OCH3 is 1. The lowest BCUT2D eigenvalue weighted by Gasteiger charge is -2.07. The highest BCUT2D eigenvalue weighted by atomic mass is 32.1. The second-order valence-corrected chi connectivity index (χ2v) is 7.00. The molecule has 1 aromatic carbocycles. The fourth-order valence-corrected chi connectivity index (χ4v) is 4.34. The van der Waals surface area contributed by atoms with Crippen LogP contribution in [-0.2, 0) is 12.8 Å². The zero-order valence-corrected chi connectivity index (χ0v) is 14.8. The Kier molecular flexibility index (Phi) is 4.09. The van der Waals surface area contributed by atoms with Crippen molar-refractivity contribution in [3.8, 4) is 5.75 Å².